The molecule has 0 aliphatic rings. The highest BCUT2D eigenvalue weighted by Gasteiger charge is 2.13. The molecule has 0 aliphatic carbocycles. The van der Waals surface area contributed by atoms with Crippen LogP contribution in [0.1, 0.15) is 29.3 Å². The van der Waals surface area contributed by atoms with Gasteiger partial charge in [0.1, 0.15) is 17.9 Å². The highest BCUT2D eigenvalue weighted by Crippen LogP contribution is 2.26. The number of carbonyl (C=O) groups is 1. The van der Waals surface area contributed by atoms with Crippen LogP contribution in [0.3, 0.4) is 0 Å². The second-order valence-corrected chi connectivity index (χ2v) is 5.87. The third kappa shape index (κ3) is 3.91. The second kappa shape index (κ2) is 7.71. The van der Waals surface area contributed by atoms with Crippen LogP contribution in [-0.2, 0) is 6.61 Å². The van der Waals surface area contributed by atoms with Crippen LogP contribution in [-0.4, -0.2) is 17.6 Å². The summed E-state index contributed by atoms with van der Waals surface area (Å²) in [4.78, 5) is 11.5. The molecule has 2 N–H and O–H groups in total. The van der Waals surface area contributed by atoms with Crippen LogP contribution in [0.4, 0.5) is 5.69 Å². The Balaban J connectivity index is 1.87. The number of rotatable bonds is 7. The first-order valence-electron chi connectivity index (χ1n) is 8.39. The highest BCUT2D eigenvalue weighted by molar-refractivity contribution is 5.91. The van der Waals surface area contributed by atoms with Gasteiger partial charge in [-0.15, -0.1) is 0 Å². The van der Waals surface area contributed by atoms with E-state index in [1.807, 2.05) is 30.3 Å². The molecule has 0 saturated heterocycles. The number of hydrogen-bond acceptors (Lipinski definition) is 3. The van der Waals surface area contributed by atoms with Gasteiger partial charge in [0.05, 0.1) is 0 Å². The average molecular weight is 335 g/mol. The van der Waals surface area contributed by atoms with E-state index >= 15 is 0 Å². The minimum absolute atomic E-state index is 0.169. The predicted octanol–water partition coefficient (Wildman–Crippen LogP) is 4.94. The monoisotopic (exact) mass is 335 g/mol. The first kappa shape index (κ1) is 16.8. The molecule has 0 unspecified atom stereocenters. The van der Waals surface area contributed by atoms with E-state index in [-0.39, 0.29) is 5.56 Å². The Kier molecular flexibility index (Phi) is 5.19. The Bertz CT molecular complexity index is 884. The van der Waals surface area contributed by atoms with Crippen LogP contribution in [0.2, 0.25) is 0 Å². The van der Waals surface area contributed by atoms with E-state index in [0.29, 0.717) is 12.4 Å². The van der Waals surface area contributed by atoms with Crippen molar-refractivity contribution in [3.8, 4) is 5.75 Å². The summed E-state index contributed by atoms with van der Waals surface area (Å²) in [5.74, 6) is -0.614. The van der Waals surface area contributed by atoms with Crippen LogP contribution >= 0.6 is 0 Å². The molecule has 0 heterocycles. The van der Waals surface area contributed by atoms with E-state index in [2.05, 4.69) is 24.4 Å². The standard InChI is InChI=1S/C21H21NO3/c1-2-12-22-17-10-11-19(21(23)24)20(13-17)25-14-16-8-5-7-15-6-3-4-9-18(15)16/h3-11,13,22H,2,12,14H2,1H3,(H,23,24). The highest BCUT2D eigenvalue weighted by atomic mass is 16.5. The predicted molar refractivity (Wildman–Crippen MR) is 100 cm³/mol. The van der Waals surface area contributed by atoms with Crippen molar-refractivity contribution in [2.24, 2.45) is 0 Å². The van der Waals surface area contributed by atoms with Crippen LogP contribution in [0.25, 0.3) is 10.8 Å². The van der Waals surface area contributed by atoms with E-state index < -0.39 is 5.97 Å². The van der Waals surface area contributed by atoms with Gasteiger partial charge in [-0.2, -0.15) is 0 Å². The lowest BCUT2D eigenvalue weighted by molar-refractivity contribution is 0.0692. The molecular weight excluding hydrogens is 314 g/mol. The normalized spacial score (nSPS) is 10.6. The first-order valence-corrected chi connectivity index (χ1v) is 8.39. The summed E-state index contributed by atoms with van der Waals surface area (Å²) >= 11 is 0. The van der Waals surface area contributed by atoms with Crippen molar-refractivity contribution in [2.45, 2.75) is 20.0 Å². The largest absolute Gasteiger partial charge is 0.488 e. The number of aromatic carboxylic acids is 1. The van der Waals surface area contributed by atoms with Gasteiger partial charge in [-0.05, 0) is 34.9 Å². The lowest BCUT2D eigenvalue weighted by Gasteiger charge is -2.13. The fourth-order valence-corrected chi connectivity index (χ4v) is 2.77. The molecule has 0 aliphatic heterocycles. The van der Waals surface area contributed by atoms with E-state index in [1.165, 1.54) is 0 Å². The van der Waals surface area contributed by atoms with Gasteiger partial charge in [-0.3, -0.25) is 0 Å². The summed E-state index contributed by atoms with van der Waals surface area (Å²) in [5.41, 5.74) is 2.06. The molecule has 4 nitrogen and oxygen atoms in total. The van der Waals surface area contributed by atoms with Gasteiger partial charge in [0.2, 0.25) is 0 Å². The van der Waals surface area contributed by atoms with Crippen molar-refractivity contribution >= 4 is 22.4 Å². The van der Waals surface area contributed by atoms with Crippen molar-refractivity contribution < 1.29 is 14.6 Å². The smallest absolute Gasteiger partial charge is 0.339 e. The van der Waals surface area contributed by atoms with Crippen molar-refractivity contribution in [3.05, 3.63) is 71.8 Å². The quantitative estimate of drug-likeness (QED) is 0.642. The molecule has 3 aromatic carbocycles. The molecule has 0 spiro atoms. The van der Waals surface area contributed by atoms with E-state index in [1.54, 1.807) is 18.2 Å². The minimum atomic E-state index is -0.991. The maximum Gasteiger partial charge on any atom is 0.339 e. The summed E-state index contributed by atoms with van der Waals surface area (Å²) in [6.07, 6.45) is 0.993. The lowest BCUT2D eigenvalue weighted by atomic mass is 10.1. The number of carboxylic acids is 1. The molecule has 0 atom stereocenters. The molecule has 25 heavy (non-hydrogen) atoms. The zero-order valence-corrected chi connectivity index (χ0v) is 14.2. The van der Waals surface area contributed by atoms with Crippen LogP contribution in [0, 0.1) is 0 Å². The molecule has 0 radical (unpaired) electrons. The van der Waals surface area contributed by atoms with Crippen molar-refractivity contribution in [1.29, 1.82) is 0 Å². The molecule has 128 valence electrons. The van der Waals surface area contributed by atoms with Crippen LogP contribution in [0.15, 0.2) is 60.7 Å². The van der Waals surface area contributed by atoms with E-state index in [4.69, 9.17) is 4.74 Å². The van der Waals surface area contributed by atoms with Crippen LogP contribution < -0.4 is 10.1 Å². The van der Waals surface area contributed by atoms with Gasteiger partial charge in [0, 0.05) is 18.3 Å². The summed E-state index contributed by atoms with van der Waals surface area (Å²) in [6, 6.07) is 19.2. The zero-order valence-electron chi connectivity index (χ0n) is 14.2. The summed E-state index contributed by atoms with van der Waals surface area (Å²) < 4.78 is 5.89. The van der Waals surface area contributed by atoms with E-state index in [9.17, 15) is 9.90 Å². The number of fused-ring (bicyclic) bond motifs is 1. The van der Waals surface area contributed by atoms with Gasteiger partial charge < -0.3 is 15.2 Å². The SMILES string of the molecule is CCCNc1ccc(C(=O)O)c(OCc2cccc3ccccc23)c1. The van der Waals surface area contributed by atoms with Gasteiger partial charge in [-0.25, -0.2) is 4.79 Å². The number of benzene rings is 3. The molecule has 0 bridgehead atoms. The Morgan fingerprint density at radius 3 is 2.68 bits per heavy atom. The number of nitrogens with one attached hydrogen (secondary N) is 1. The molecular formula is C21H21NO3. The van der Waals surface area contributed by atoms with E-state index in [0.717, 1.165) is 35.0 Å². The van der Waals surface area contributed by atoms with Gasteiger partial charge in [0.25, 0.3) is 0 Å². The van der Waals surface area contributed by atoms with Gasteiger partial charge in [-0.1, -0.05) is 49.4 Å². The molecule has 3 rings (SSSR count). The fraction of sp³-hybridized carbons (Fsp3) is 0.190. The van der Waals surface area contributed by atoms with Crippen molar-refractivity contribution in [1.82, 2.24) is 0 Å². The van der Waals surface area contributed by atoms with Crippen molar-refractivity contribution in [2.75, 3.05) is 11.9 Å². The Morgan fingerprint density at radius 1 is 1.08 bits per heavy atom. The summed E-state index contributed by atoms with van der Waals surface area (Å²) in [5, 5.41) is 14.9. The Hall–Kier alpha value is -3.01. The number of hydrogen-bond donors (Lipinski definition) is 2. The molecule has 4 heteroatoms. The third-order valence-corrected chi connectivity index (χ3v) is 4.05. The number of carboxylic acid groups (broad SMARTS) is 1. The Labute approximate surface area is 147 Å². The van der Waals surface area contributed by atoms with Crippen LogP contribution in [0.5, 0.6) is 5.75 Å². The molecule has 0 amide bonds. The molecule has 3 aromatic rings. The molecule has 0 fully saturated rings. The maximum atomic E-state index is 11.5. The molecule has 0 aromatic heterocycles. The zero-order chi connectivity index (χ0) is 17.6. The Morgan fingerprint density at radius 2 is 1.88 bits per heavy atom. The van der Waals surface area contributed by atoms with Gasteiger partial charge >= 0.3 is 5.97 Å². The molecule has 0 saturated carbocycles. The van der Waals surface area contributed by atoms with Gasteiger partial charge in [0.15, 0.2) is 0 Å². The lowest BCUT2D eigenvalue weighted by Crippen LogP contribution is -2.06. The maximum absolute atomic E-state index is 11.5. The topological polar surface area (TPSA) is 58.6 Å². The average Bonchev–Trinajstić information content (AvgIpc) is 2.64. The number of anilines is 1. The third-order valence-electron chi connectivity index (χ3n) is 4.05. The first-order chi connectivity index (χ1) is 12.2. The fourth-order valence-electron chi connectivity index (χ4n) is 2.77. The summed E-state index contributed by atoms with van der Waals surface area (Å²) in [6.45, 7) is 3.23. The number of ether oxygens (including phenoxy) is 1. The van der Waals surface area contributed by atoms with Crippen molar-refractivity contribution in [3.63, 3.8) is 0 Å². The minimum Gasteiger partial charge on any atom is -0.488 e. The second-order valence-electron chi connectivity index (χ2n) is 5.87. The summed E-state index contributed by atoms with van der Waals surface area (Å²) in [7, 11) is 0.